The van der Waals surface area contributed by atoms with E-state index < -0.39 is 47.6 Å². The molecule has 41 heavy (non-hydrogen) atoms. The van der Waals surface area contributed by atoms with Crippen LogP contribution in [0, 0.1) is 0 Å². The van der Waals surface area contributed by atoms with Crippen LogP contribution in [0.3, 0.4) is 0 Å². The molecule has 0 spiro atoms. The van der Waals surface area contributed by atoms with E-state index in [-0.39, 0.29) is 0 Å². The monoisotopic (exact) mass is 576 g/mol. The molecule has 0 aliphatic carbocycles. The van der Waals surface area contributed by atoms with Crippen LogP contribution in [-0.2, 0) is 21.9 Å². The van der Waals surface area contributed by atoms with Crippen LogP contribution < -0.4 is 5.32 Å². The fourth-order valence-corrected chi connectivity index (χ4v) is 4.61. The van der Waals surface area contributed by atoms with Crippen molar-refractivity contribution in [3.8, 4) is 0 Å². The Labute approximate surface area is 234 Å². The number of carbonyl (C=O) groups excluding carboxylic acids is 1. The third kappa shape index (κ3) is 8.08. The van der Waals surface area contributed by atoms with Gasteiger partial charge in [-0.05, 0) is 41.0 Å². The number of esters is 1. The van der Waals surface area contributed by atoms with Crippen molar-refractivity contribution in [1.82, 2.24) is 10.2 Å². The fraction of sp³-hybridized carbons (Fsp3) is 0.258. The highest BCUT2D eigenvalue weighted by Gasteiger charge is 2.37. The van der Waals surface area contributed by atoms with E-state index in [1.807, 2.05) is 17.0 Å². The minimum atomic E-state index is -4.58. The molecule has 0 amide bonds. The number of rotatable bonds is 12. The maximum Gasteiger partial charge on any atom is 0.416 e. The number of ether oxygens (including phenoxy) is 1. The zero-order valence-electron chi connectivity index (χ0n) is 22.3. The largest absolute Gasteiger partial charge is 0.468 e. The SMILES string of the molecule is C=CCN(CC=C)C(c1ccccc1)[C@@H](NC(c1ccc(C(F)(F)F)cc1)c1ccc(C(F)(F)F)cc1)C(=O)OC. The van der Waals surface area contributed by atoms with Crippen LogP contribution >= 0.6 is 0 Å². The maximum atomic E-state index is 13.3. The summed E-state index contributed by atoms with van der Waals surface area (Å²) in [4.78, 5) is 15.3. The normalized spacial score (nSPS) is 13.6. The number of hydrogen-bond donors (Lipinski definition) is 1. The summed E-state index contributed by atoms with van der Waals surface area (Å²) >= 11 is 0. The molecule has 4 nitrogen and oxygen atoms in total. The maximum absolute atomic E-state index is 13.3. The predicted molar refractivity (Wildman–Crippen MR) is 145 cm³/mol. The summed E-state index contributed by atoms with van der Waals surface area (Å²) in [6.07, 6.45) is -5.87. The first-order valence-electron chi connectivity index (χ1n) is 12.6. The second-order valence-corrected chi connectivity index (χ2v) is 9.23. The van der Waals surface area contributed by atoms with Gasteiger partial charge in [0.05, 0.1) is 30.3 Å². The first-order valence-corrected chi connectivity index (χ1v) is 12.6. The lowest BCUT2D eigenvalue weighted by Crippen LogP contribution is -2.50. The van der Waals surface area contributed by atoms with Crippen LogP contribution in [0.15, 0.2) is 104 Å². The number of nitrogens with zero attached hydrogens (tertiary/aromatic N) is 1. The molecule has 3 rings (SSSR count). The molecule has 0 aliphatic heterocycles. The van der Waals surface area contributed by atoms with Gasteiger partial charge in [0.2, 0.25) is 0 Å². The molecule has 3 aromatic rings. The molecule has 10 heteroatoms. The van der Waals surface area contributed by atoms with Crippen molar-refractivity contribution in [1.29, 1.82) is 0 Å². The zero-order chi connectivity index (χ0) is 30.2. The second kappa shape index (κ2) is 13.6. The van der Waals surface area contributed by atoms with Crippen molar-refractivity contribution in [2.75, 3.05) is 20.2 Å². The summed E-state index contributed by atoms with van der Waals surface area (Å²) in [5.74, 6) is -0.680. The summed E-state index contributed by atoms with van der Waals surface area (Å²) in [5, 5.41) is 3.20. The number of halogens is 6. The highest BCUT2D eigenvalue weighted by Crippen LogP contribution is 2.35. The van der Waals surface area contributed by atoms with Gasteiger partial charge < -0.3 is 4.74 Å². The Kier molecular flexibility index (Phi) is 10.5. The van der Waals surface area contributed by atoms with Gasteiger partial charge >= 0.3 is 18.3 Å². The molecular formula is C31H30F6N2O2. The molecule has 1 unspecified atom stereocenters. The van der Waals surface area contributed by atoms with E-state index in [9.17, 15) is 31.1 Å². The van der Waals surface area contributed by atoms with Crippen LogP contribution in [-0.4, -0.2) is 37.1 Å². The minimum absolute atomic E-state index is 0.303. The number of carbonyl (C=O) groups is 1. The zero-order valence-corrected chi connectivity index (χ0v) is 22.3. The topological polar surface area (TPSA) is 41.6 Å². The Morgan fingerprint density at radius 1 is 0.780 bits per heavy atom. The van der Waals surface area contributed by atoms with Crippen molar-refractivity contribution < 1.29 is 35.9 Å². The molecule has 0 saturated carbocycles. The van der Waals surface area contributed by atoms with E-state index in [1.165, 1.54) is 31.4 Å². The van der Waals surface area contributed by atoms with E-state index in [4.69, 9.17) is 4.74 Å². The van der Waals surface area contributed by atoms with Crippen LogP contribution in [0.1, 0.15) is 39.9 Å². The summed E-state index contributed by atoms with van der Waals surface area (Å²) in [5.41, 5.74) is -0.447. The predicted octanol–water partition coefficient (Wildman–Crippen LogP) is 7.36. The molecule has 0 aliphatic rings. The first kappa shape index (κ1) is 31.6. The molecular weight excluding hydrogens is 546 g/mol. The Morgan fingerprint density at radius 2 is 1.22 bits per heavy atom. The molecule has 0 bridgehead atoms. The summed E-state index contributed by atoms with van der Waals surface area (Å²) in [6.45, 7) is 8.28. The van der Waals surface area contributed by atoms with Gasteiger partial charge in [-0.3, -0.25) is 15.0 Å². The average molecular weight is 577 g/mol. The summed E-state index contributed by atoms with van der Waals surface area (Å²) in [6, 6.07) is 14.7. The molecule has 218 valence electrons. The highest BCUT2D eigenvalue weighted by molar-refractivity contribution is 5.77. The third-order valence-corrected chi connectivity index (χ3v) is 6.52. The molecule has 0 aromatic heterocycles. The van der Waals surface area contributed by atoms with Crippen molar-refractivity contribution in [3.63, 3.8) is 0 Å². The van der Waals surface area contributed by atoms with E-state index in [1.54, 1.807) is 30.4 Å². The quantitative estimate of drug-likeness (QED) is 0.139. The highest BCUT2D eigenvalue weighted by atomic mass is 19.4. The van der Waals surface area contributed by atoms with E-state index in [0.29, 0.717) is 24.2 Å². The smallest absolute Gasteiger partial charge is 0.416 e. The second-order valence-electron chi connectivity index (χ2n) is 9.23. The van der Waals surface area contributed by atoms with Crippen LogP contribution in [0.5, 0.6) is 0 Å². The van der Waals surface area contributed by atoms with Crippen molar-refractivity contribution in [3.05, 3.63) is 132 Å². The van der Waals surface area contributed by atoms with Crippen LogP contribution in [0.25, 0.3) is 0 Å². The lowest BCUT2D eigenvalue weighted by molar-refractivity contribution is -0.145. The van der Waals surface area contributed by atoms with Crippen molar-refractivity contribution >= 4 is 5.97 Å². The van der Waals surface area contributed by atoms with Crippen molar-refractivity contribution in [2.24, 2.45) is 0 Å². The lowest BCUT2D eigenvalue weighted by Gasteiger charge is -2.37. The number of methoxy groups -OCH3 is 1. The van der Waals surface area contributed by atoms with Gasteiger partial charge in [-0.2, -0.15) is 26.3 Å². The Bertz CT molecular complexity index is 1220. The van der Waals surface area contributed by atoms with E-state index in [2.05, 4.69) is 18.5 Å². The van der Waals surface area contributed by atoms with Gasteiger partial charge in [-0.15, -0.1) is 13.2 Å². The van der Waals surface area contributed by atoms with Gasteiger partial charge in [0.25, 0.3) is 0 Å². The number of alkyl halides is 6. The molecule has 1 N–H and O–H groups in total. The fourth-order valence-electron chi connectivity index (χ4n) is 4.61. The number of nitrogens with one attached hydrogen (secondary N) is 1. The van der Waals surface area contributed by atoms with Gasteiger partial charge in [0, 0.05) is 13.1 Å². The standard InChI is InChI=1S/C31H30F6N2O2/c1-4-19-39(20-5-2)28(23-9-7-6-8-10-23)27(29(40)41-3)38-26(21-11-15-24(16-12-21)30(32,33)34)22-13-17-25(18-14-22)31(35,36)37/h4-18,26-28,38H,1-2,19-20H2,3H3/t27-,28?/m1/s1. The van der Waals surface area contributed by atoms with E-state index in [0.717, 1.165) is 29.8 Å². The summed E-state index contributed by atoms with van der Waals surface area (Å²) in [7, 11) is 1.20. The first-order chi connectivity index (χ1) is 19.4. The Balaban J connectivity index is 2.18. The Hall–Kier alpha value is -3.89. The Morgan fingerprint density at radius 3 is 1.59 bits per heavy atom. The molecule has 0 fully saturated rings. The number of benzene rings is 3. The minimum Gasteiger partial charge on any atom is -0.468 e. The molecule has 0 saturated heterocycles. The van der Waals surface area contributed by atoms with E-state index >= 15 is 0 Å². The lowest BCUT2D eigenvalue weighted by atomic mass is 9.92. The van der Waals surface area contributed by atoms with Crippen LogP contribution in [0.2, 0.25) is 0 Å². The van der Waals surface area contributed by atoms with Gasteiger partial charge in [0.1, 0.15) is 6.04 Å². The van der Waals surface area contributed by atoms with Crippen molar-refractivity contribution in [2.45, 2.75) is 30.5 Å². The average Bonchev–Trinajstić information content (AvgIpc) is 2.94. The van der Waals surface area contributed by atoms with Gasteiger partial charge in [-0.25, -0.2) is 0 Å². The molecule has 0 radical (unpaired) electrons. The summed E-state index contributed by atoms with van der Waals surface area (Å²) < 4.78 is 84.8. The van der Waals surface area contributed by atoms with Gasteiger partial charge in [-0.1, -0.05) is 66.7 Å². The molecule has 0 heterocycles. The van der Waals surface area contributed by atoms with Gasteiger partial charge in [0.15, 0.2) is 0 Å². The molecule has 2 atom stereocenters. The molecule has 3 aromatic carbocycles. The van der Waals surface area contributed by atoms with Crippen LogP contribution in [0.4, 0.5) is 26.3 Å². The number of hydrogen-bond acceptors (Lipinski definition) is 4. The third-order valence-electron chi connectivity index (χ3n) is 6.52.